The second-order valence-corrected chi connectivity index (χ2v) is 11.9. The van der Waals surface area contributed by atoms with E-state index in [2.05, 4.69) is 25.5 Å². The maximum Gasteiger partial charge on any atom is 0.254 e. The Morgan fingerprint density at radius 2 is 2.00 bits per heavy atom. The molecule has 2 fully saturated rings. The van der Waals surface area contributed by atoms with Crippen LogP contribution in [0.4, 0.5) is 20.3 Å². The first-order chi connectivity index (χ1) is 22.2. The van der Waals surface area contributed by atoms with Gasteiger partial charge in [-0.25, -0.2) is 14.4 Å². The van der Waals surface area contributed by atoms with E-state index < -0.39 is 23.8 Å². The third-order valence-electron chi connectivity index (χ3n) is 8.90. The highest BCUT2D eigenvalue weighted by atomic mass is 19.2. The Morgan fingerprint density at radius 3 is 2.72 bits per heavy atom. The number of β-amino-alcohol motifs (C(OH)–C–C–N with tert-alkyl or cyclic N) is 1. The molecule has 2 aromatic heterocycles. The van der Waals surface area contributed by atoms with Gasteiger partial charge in [0.1, 0.15) is 6.07 Å². The van der Waals surface area contributed by atoms with Gasteiger partial charge in [-0.3, -0.25) is 14.1 Å². The highest BCUT2D eigenvalue weighted by molar-refractivity contribution is 5.96. The Balaban J connectivity index is 1.12. The lowest BCUT2D eigenvalue weighted by Crippen LogP contribution is -2.51. The van der Waals surface area contributed by atoms with Crippen LogP contribution in [0.2, 0.25) is 0 Å². The third-order valence-corrected chi connectivity index (χ3v) is 8.90. The number of carbonyl (C=O) groups excluding carboxylic acids is 1. The number of hydrogen-bond acceptors (Lipinski definition) is 9. The molecule has 0 bridgehead atoms. The average Bonchev–Trinajstić information content (AvgIpc) is 3.66. The van der Waals surface area contributed by atoms with E-state index in [4.69, 9.17) is 10.00 Å². The van der Waals surface area contributed by atoms with Crippen molar-refractivity contribution in [2.45, 2.75) is 38.3 Å². The molecule has 3 N–H and O–H groups in total. The molecular formula is C33H36F2N8O3. The number of aryl methyl sites for hydroxylation is 1. The van der Waals surface area contributed by atoms with Crippen LogP contribution in [0.25, 0.3) is 16.9 Å². The molecule has 0 radical (unpaired) electrons. The largest absolute Gasteiger partial charge is 0.476 e. The van der Waals surface area contributed by atoms with E-state index in [1.165, 1.54) is 24.5 Å². The van der Waals surface area contributed by atoms with Crippen LogP contribution >= 0.6 is 0 Å². The van der Waals surface area contributed by atoms with Crippen LogP contribution in [-0.2, 0) is 0 Å². The molecule has 240 valence electrons. The number of aromatic nitrogens is 3. The number of amides is 1. The predicted octanol–water partition coefficient (Wildman–Crippen LogP) is 3.89. The fraction of sp³-hybridized carbons (Fsp3) is 0.394. The molecule has 2 atom stereocenters. The van der Waals surface area contributed by atoms with E-state index in [1.807, 2.05) is 24.8 Å². The summed E-state index contributed by atoms with van der Waals surface area (Å²) in [5.74, 6) is -2.26. The first-order valence-electron chi connectivity index (χ1n) is 15.3. The molecule has 2 aliphatic heterocycles. The molecule has 1 unspecified atom stereocenters. The minimum absolute atomic E-state index is 0.0144. The van der Waals surface area contributed by atoms with Gasteiger partial charge in [0.05, 0.1) is 17.5 Å². The number of carbonyl (C=O) groups is 1. The van der Waals surface area contributed by atoms with Crippen LogP contribution in [0.3, 0.4) is 0 Å². The molecule has 0 saturated carbocycles. The van der Waals surface area contributed by atoms with Crippen molar-refractivity contribution in [3.05, 3.63) is 71.7 Å². The number of nitrogens with one attached hydrogen (secondary N) is 2. The smallest absolute Gasteiger partial charge is 0.254 e. The zero-order valence-electron chi connectivity index (χ0n) is 25.8. The van der Waals surface area contributed by atoms with Gasteiger partial charge in [-0.1, -0.05) is 6.92 Å². The lowest BCUT2D eigenvalue weighted by atomic mass is 9.97. The molecule has 46 heavy (non-hydrogen) atoms. The number of fused-ring (bicyclic) bond motifs is 1. The first kappa shape index (κ1) is 31.3. The summed E-state index contributed by atoms with van der Waals surface area (Å²) in [5, 5.41) is 25.9. The number of piperazine rings is 1. The van der Waals surface area contributed by atoms with Crippen molar-refractivity contribution >= 4 is 23.1 Å². The molecule has 4 heterocycles. The second kappa shape index (κ2) is 13.0. The van der Waals surface area contributed by atoms with Crippen molar-refractivity contribution in [2.24, 2.45) is 0 Å². The van der Waals surface area contributed by atoms with Crippen LogP contribution in [-0.4, -0.2) is 92.7 Å². The topological polar surface area (TPSA) is 131 Å². The van der Waals surface area contributed by atoms with Gasteiger partial charge in [-0.05, 0) is 55.7 Å². The minimum atomic E-state index is -1.19. The van der Waals surface area contributed by atoms with Gasteiger partial charge in [0.2, 0.25) is 5.82 Å². The molecule has 4 aromatic rings. The molecule has 2 aliphatic rings. The maximum atomic E-state index is 15.0. The number of ether oxygens (including phenoxy) is 1. The first-order valence-corrected chi connectivity index (χ1v) is 15.3. The molecule has 2 saturated heterocycles. The predicted molar refractivity (Wildman–Crippen MR) is 168 cm³/mol. The van der Waals surface area contributed by atoms with E-state index >= 15 is 0 Å². The molecule has 6 rings (SSSR count). The molecule has 13 heteroatoms. The van der Waals surface area contributed by atoms with Crippen LogP contribution in [0, 0.1) is 29.9 Å². The molecule has 0 aliphatic carbocycles. The number of nitrogens with zero attached hydrogens (tertiary/aromatic N) is 6. The molecule has 0 spiro atoms. The second-order valence-electron chi connectivity index (χ2n) is 11.9. The number of nitriles is 1. The lowest BCUT2D eigenvalue weighted by Gasteiger charge is -2.36. The summed E-state index contributed by atoms with van der Waals surface area (Å²) in [6.07, 6.45) is 6.04. The van der Waals surface area contributed by atoms with Crippen LogP contribution in [0.15, 0.2) is 48.9 Å². The quantitative estimate of drug-likeness (QED) is 0.252. The fourth-order valence-electron chi connectivity index (χ4n) is 6.23. The van der Waals surface area contributed by atoms with Crippen molar-refractivity contribution in [3.8, 4) is 23.1 Å². The van der Waals surface area contributed by atoms with Gasteiger partial charge in [0, 0.05) is 74.5 Å². The fourth-order valence-corrected chi connectivity index (χ4v) is 6.23. The highest BCUT2D eigenvalue weighted by Crippen LogP contribution is 2.32. The van der Waals surface area contributed by atoms with E-state index in [1.54, 1.807) is 28.8 Å². The summed E-state index contributed by atoms with van der Waals surface area (Å²) in [6.45, 7) is 7.82. The number of rotatable bonds is 9. The molecular weight excluding hydrogens is 594 g/mol. The summed E-state index contributed by atoms with van der Waals surface area (Å²) in [5.41, 5.74) is 2.18. The number of hydrogen-bond donors (Lipinski definition) is 3. The number of aliphatic hydroxyl groups is 1. The summed E-state index contributed by atoms with van der Waals surface area (Å²) in [7, 11) is 0. The molecule has 1 amide bonds. The standard InChI is InChI=1S/C33H36F2N8O3/c1-3-33(45)17-23(39-20-33)19-41-11-13-42(14-12-41)32(44)24-5-4-22(16-21(24)2)40-30-31-38-18-26(43(31)10-9-37-30)25-6-7-27(46-15-8-36)29(35)28(25)34/h4-7,9-10,16,18,23,39,45H,3,11-15,17,19-20H2,1-2H3,(H,37,40)/t23?,33-/m0/s1. The van der Waals surface area contributed by atoms with Gasteiger partial charge < -0.3 is 25.4 Å². The van der Waals surface area contributed by atoms with Crippen LogP contribution in [0.1, 0.15) is 35.7 Å². The molecule has 11 nitrogen and oxygen atoms in total. The zero-order valence-corrected chi connectivity index (χ0v) is 25.8. The Morgan fingerprint density at radius 1 is 1.20 bits per heavy atom. The summed E-state index contributed by atoms with van der Waals surface area (Å²) in [6, 6.07) is 10.1. The Hall–Kier alpha value is -4.64. The van der Waals surface area contributed by atoms with Crippen molar-refractivity contribution in [1.29, 1.82) is 5.26 Å². The van der Waals surface area contributed by atoms with Gasteiger partial charge in [0.25, 0.3) is 5.91 Å². The summed E-state index contributed by atoms with van der Waals surface area (Å²) < 4.78 is 36.2. The normalized spacial score (nSPS) is 20.2. The number of imidazole rings is 1. The van der Waals surface area contributed by atoms with Crippen LogP contribution in [0.5, 0.6) is 5.75 Å². The van der Waals surface area contributed by atoms with Gasteiger partial charge in [0.15, 0.2) is 29.6 Å². The van der Waals surface area contributed by atoms with Crippen molar-refractivity contribution < 1.29 is 23.4 Å². The maximum absolute atomic E-state index is 15.0. The summed E-state index contributed by atoms with van der Waals surface area (Å²) >= 11 is 0. The molecule has 2 aromatic carbocycles. The average molecular weight is 631 g/mol. The minimum Gasteiger partial charge on any atom is -0.476 e. The number of halogens is 2. The number of anilines is 2. The van der Waals surface area contributed by atoms with Gasteiger partial charge in [-0.2, -0.15) is 9.65 Å². The van der Waals surface area contributed by atoms with Crippen molar-refractivity contribution in [1.82, 2.24) is 29.5 Å². The SMILES string of the molecule is CC[C@@]1(O)CNC(CN2CCN(C(=O)c3ccc(Nc4nccn5c(-c6ccc(OCC#N)c(F)c6F)cnc45)cc3C)CC2)C1. The van der Waals surface area contributed by atoms with E-state index in [0.717, 1.165) is 38.0 Å². The van der Waals surface area contributed by atoms with Gasteiger partial charge in [-0.15, -0.1) is 0 Å². The van der Waals surface area contributed by atoms with Gasteiger partial charge >= 0.3 is 0 Å². The van der Waals surface area contributed by atoms with E-state index in [-0.39, 0.29) is 23.3 Å². The van der Waals surface area contributed by atoms with Crippen molar-refractivity contribution in [2.75, 3.05) is 51.2 Å². The Kier molecular flexibility index (Phi) is 8.86. The monoisotopic (exact) mass is 630 g/mol. The Bertz CT molecular complexity index is 1800. The zero-order chi connectivity index (χ0) is 32.4. The van der Waals surface area contributed by atoms with E-state index in [0.29, 0.717) is 48.0 Å². The third kappa shape index (κ3) is 6.24. The van der Waals surface area contributed by atoms with Crippen LogP contribution < -0.4 is 15.4 Å². The number of benzene rings is 2. The lowest BCUT2D eigenvalue weighted by molar-refractivity contribution is 0.0509. The van der Waals surface area contributed by atoms with Crippen molar-refractivity contribution in [3.63, 3.8) is 0 Å². The van der Waals surface area contributed by atoms with E-state index in [9.17, 15) is 18.7 Å². The highest BCUT2D eigenvalue weighted by Gasteiger charge is 2.36. The summed E-state index contributed by atoms with van der Waals surface area (Å²) in [4.78, 5) is 26.5. The Labute approximate surface area is 265 Å².